The van der Waals surface area contributed by atoms with Crippen LogP contribution in [0.4, 0.5) is 0 Å². The monoisotopic (exact) mass is 223 g/mol. The average molecular weight is 223 g/mol. The molecule has 0 heterocycles. The third-order valence-electron chi connectivity index (χ3n) is 2.88. The first-order valence-corrected chi connectivity index (χ1v) is 5.94. The Labute approximate surface area is 97.3 Å². The average Bonchev–Trinajstić information content (AvgIpc) is 2.13. The van der Waals surface area contributed by atoms with Gasteiger partial charge in [-0.3, -0.25) is 9.59 Å². The molecule has 90 valence electrons. The molecule has 3 nitrogen and oxygen atoms in total. The van der Waals surface area contributed by atoms with Crippen molar-refractivity contribution in [2.75, 3.05) is 6.54 Å². The van der Waals surface area contributed by atoms with Crippen LogP contribution in [-0.2, 0) is 9.59 Å². The summed E-state index contributed by atoms with van der Waals surface area (Å²) in [5.41, 5.74) is 1.06. The summed E-state index contributed by atoms with van der Waals surface area (Å²) >= 11 is 0. The van der Waals surface area contributed by atoms with E-state index in [1.54, 1.807) is 0 Å². The van der Waals surface area contributed by atoms with Crippen LogP contribution in [0.5, 0.6) is 0 Å². The summed E-state index contributed by atoms with van der Waals surface area (Å²) in [4.78, 5) is 24.0. The van der Waals surface area contributed by atoms with E-state index in [1.807, 2.05) is 27.7 Å². The van der Waals surface area contributed by atoms with Crippen molar-refractivity contribution in [3.63, 3.8) is 0 Å². The molecule has 0 aromatic rings. The number of nitrogens with one attached hydrogen (secondary N) is 1. The van der Waals surface area contributed by atoms with Gasteiger partial charge in [-0.1, -0.05) is 20.8 Å². The predicted octanol–water partition coefficient (Wildman–Crippen LogP) is 2.22. The van der Waals surface area contributed by atoms with E-state index in [2.05, 4.69) is 5.32 Å². The summed E-state index contributed by atoms with van der Waals surface area (Å²) in [6, 6.07) is 0. The quantitative estimate of drug-likeness (QED) is 0.589. The summed E-state index contributed by atoms with van der Waals surface area (Å²) in [5.74, 6) is -0.00176. The molecular formula is C13H21NO2. The van der Waals surface area contributed by atoms with E-state index in [0.717, 1.165) is 12.2 Å². The highest BCUT2D eigenvalue weighted by Crippen LogP contribution is 2.34. The molecule has 0 spiro atoms. The molecule has 3 heteroatoms. The van der Waals surface area contributed by atoms with Crippen LogP contribution in [0.15, 0.2) is 11.3 Å². The van der Waals surface area contributed by atoms with Gasteiger partial charge in [-0.15, -0.1) is 0 Å². The number of Topliss-reactive ketones (excluding diaryl/α,β-unsaturated/α-hetero) is 2. The molecule has 16 heavy (non-hydrogen) atoms. The lowest BCUT2D eigenvalue weighted by molar-refractivity contribution is -0.127. The van der Waals surface area contributed by atoms with Crippen molar-refractivity contribution in [2.24, 2.45) is 5.41 Å². The van der Waals surface area contributed by atoms with Gasteiger partial charge in [0.2, 0.25) is 0 Å². The summed E-state index contributed by atoms with van der Waals surface area (Å²) in [7, 11) is 0. The predicted molar refractivity (Wildman–Crippen MR) is 64.0 cm³/mol. The Balaban J connectivity index is 3.05. The van der Waals surface area contributed by atoms with Gasteiger partial charge in [-0.05, 0) is 18.8 Å². The van der Waals surface area contributed by atoms with Gasteiger partial charge in [0.1, 0.15) is 0 Å². The first-order valence-electron chi connectivity index (χ1n) is 5.94. The smallest absolute Gasteiger partial charge is 0.168 e. The molecule has 0 radical (unpaired) electrons. The van der Waals surface area contributed by atoms with Gasteiger partial charge in [0.15, 0.2) is 11.6 Å². The highest BCUT2D eigenvalue weighted by Gasteiger charge is 2.36. The SMILES string of the molecule is CCNC(CC)=C1C(=O)CC(C)(C)CC1=O. The number of rotatable bonds is 3. The zero-order chi connectivity index (χ0) is 12.3. The van der Waals surface area contributed by atoms with E-state index < -0.39 is 0 Å². The van der Waals surface area contributed by atoms with Gasteiger partial charge in [0, 0.05) is 25.1 Å². The third-order valence-corrected chi connectivity index (χ3v) is 2.88. The van der Waals surface area contributed by atoms with E-state index in [9.17, 15) is 9.59 Å². The fourth-order valence-electron chi connectivity index (χ4n) is 2.20. The van der Waals surface area contributed by atoms with E-state index in [0.29, 0.717) is 24.8 Å². The van der Waals surface area contributed by atoms with Crippen molar-refractivity contribution in [2.45, 2.75) is 47.0 Å². The molecule has 1 fully saturated rings. The van der Waals surface area contributed by atoms with Gasteiger partial charge in [0.25, 0.3) is 0 Å². The molecule has 0 saturated heterocycles. The van der Waals surface area contributed by atoms with Crippen LogP contribution in [0, 0.1) is 5.41 Å². The molecule has 0 bridgehead atoms. The Bertz CT molecular complexity index is 318. The first-order chi connectivity index (χ1) is 7.41. The molecule has 0 unspecified atom stereocenters. The minimum absolute atomic E-state index is 0.000880. The molecule has 1 saturated carbocycles. The number of hydrogen-bond acceptors (Lipinski definition) is 3. The lowest BCUT2D eigenvalue weighted by Gasteiger charge is -2.29. The number of ketones is 2. The number of carbonyl (C=O) groups excluding carboxylic acids is 2. The zero-order valence-corrected chi connectivity index (χ0v) is 10.6. The standard InChI is InChI=1S/C13H21NO2/c1-5-9(14-6-2)12-10(15)7-13(3,4)8-11(12)16/h14H,5-8H2,1-4H3. The zero-order valence-electron chi connectivity index (χ0n) is 10.6. The van der Waals surface area contributed by atoms with E-state index in [-0.39, 0.29) is 17.0 Å². The van der Waals surface area contributed by atoms with Gasteiger partial charge >= 0.3 is 0 Å². The largest absolute Gasteiger partial charge is 0.388 e. The molecule has 0 amide bonds. The third kappa shape index (κ3) is 2.71. The molecule has 1 N–H and O–H groups in total. The van der Waals surface area contributed by atoms with Crippen LogP contribution in [-0.4, -0.2) is 18.1 Å². The van der Waals surface area contributed by atoms with Gasteiger partial charge in [0.05, 0.1) is 5.57 Å². The summed E-state index contributed by atoms with van der Waals surface area (Å²) < 4.78 is 0. The Morgan fingerprint density at radius 1 is 1.19 bits per heavy atom. The van der Waals surface area contributed by atoms with E-state index in [1.165, 1.54) is 0 Å². The van der Waals surface area contributed by atoms with Crippen LogP contribution in [0.3, 0.4) is 0 Å². The highest BCUT2D eigenvalue weighted by atomic mass is 16.2. The second kappa shape index (κ2) is 4.81. The maximum atomic E-state index is 12.0. The summed E-state index contributed by atoms with van der Waals surface area (Å²) in [6.45, 7) is 8.62. The number of allylic oxidation sites excluding steroid dienone is 2. The van der Waals surface area contributed by atoms with Crippen molar-refractivity contribution in [1.82, 2.24) is 5.32 Å². The van der Waals surface area contributed by atoms with Gasteiger partial charge in [-0.2, -0.15) is 0 Å². The molecule has 1 aliphatic carbocycles. The fraction of sp³-hybridized carbons (Fsp3) is 0.692. The van der Waals surface area contributed by atoms with Crippen molar-refractivity contribution in [3.8, 4) is 0 Å². The molecule has 1 aliphatic rings. The maximum absolute atomic E-state index is 12.0. The van der Waals surface area contributed by atoms with Crippen molar-refractivity contribution >= 4 is 11.6 Å². The van der Waals surface area contributed by atoms with Gasteiger partial charge in [-0.25, -0.2) is 0 Å². The van der Waals surface area contributed by atoms with Crippen molar-refractivity contribution < 1.29 is 9.59 Å². The number of carbonyl (C=O) groups is 2. The molecular weight excluding hydrogens is 202 g/mol. The first kappa shape index (κ1) is 12.9. The van der Waals surface area contributed by atoms with Crippen LogP contribution in [0.25, 0.3) is 0 Å². The molecule has 0 atom stereocenters. The normalized spacial score (nSPS) is 19.9. The molecule has 0 aromatic heterocycles. The maximum Gasteiger partial charge on any atom is 0.168 e. The summed E-state index contributed by atoms with van der Waals surface area (Å²) in [6.07, 6.45) is 1.66. The Morgan fingerprint density at radius 2 is 1.69 bits per heavy atom. The van der Waals surface area contributed by atoms with Crippen LogP contribution in [0.1, 0.15) is 47.0 Å². The molecule has 0 aliphatic heterocycles. The Hall–Kier alpha value is -1.12. The minimum Gasteiger partial charge on any atom is -0.388 e. The van der Waals surface area contributed by atoms with Crippen LogP contribution in [0.2, 0.25) is 0 Å². The second-order valence-electron chi connectivity index (χ2n) is 5.10. The van der Waals surface area contributed by atoms with Crippen LogP contribution >= 0.6 is 0 Å². The van der Waals surface area contributed by atoms with Crippen LogP contribution < -0.4 is 5.32 Å². The van der Waals surface area contributed by atoms with Crippen molar-refractivity contribution in [3.05, 3.63) is 11.3 Å². The lowest BCUT2D eigenvalue weighted by Crippen LogP contribution is -2.34. The minimum atomic E-state index is -0.178. The summed E-state index contributed by atoms with van der Waals surface area (Å²) in [5, 5.41) is 3.13. The topological polar surface area (TPSA) is 46.2 Å². The second-order valence-corrected chi connectivity index (χ2v) is 5.10. The number of hydrogen-bond donors (Lipinski definition) is 1. The van der Waals surface area contributed by atoms with E-state index in [4.69, 9.17) is 0 Å². The van der Waals surface area contributed by atoms with Crippen molar-refractivity contribution in [1.29, 1.82) is 0 Å². The van der Waals surface area contributed by atoms with E-state index >= 15 is 0 Å². The fourth-order valence-corrected chi connectivity index (χ4v) is 2.20. The molecule has 0 aromatic carbocycles. The molecule has 1 rings (SSSR count). The Kier molecular flexibility index (Phi) is 3.89. The van der Waals surface area contributed by atoms with Gasteiger partial charge < -0.3 is 5.32 Å². The lowest BCUT2D eigenvalue weighted by atomic mass is 9.73. The Morgan fingerprint density at radius 3 is 2.06 bits per heavy atom. The highest BCUT2D eigenvalue weighted by molar-refractivity contribution is 6.22.